The summed E-state index contributed by atoms with van der Waals surface area (Å²) in [6.45, 7) is 3.62. The van der Waals surface area contributed by atoms with Crippen molar-refractivity contribution < 1.29 is 9.90 Å². The molecule has 3 nitrogen and oxygen atoms in total. The maximum absolute atomic E-state index is 10.6. The van der Waals surface area contributed by atoms with Crippen molar-refractivity contribution in [2.45, 2.75) is 18.9 Å². The van der Waals surface area contributed by atoms with E-state index in [1.54, 1.807) is 6.08 Å². The number of aliphatic carboxylic acids is 1. The molecule has 3 atom stereocenters. The van der Waals surface area contributed by atoms with Gasteiger partial charge in [-0.05, 0) is 18.8 Å². The van der Waals surface area contributed by atoms with Crippen LogP contribution in [0.3, 0.4) is 0 Å². The van der Waals surface area contributed by atoms with Crippen molar-refractivity contribution in [3.63, 3.8) is 0 Å². The maximum atomic E-state index is 10.6. The molecule has 70 valence electrons. The van der Waals surface area contributed by atoms with Crippen molar-refractivity contribution in [3.05, 3.63) is 12.7 Å². The fraction of sp³-hybridized carbons (Fsp3) is 0.625. The zero-order chi connectivity index (χ0) is 8.43. The van der Waals surface area contributed by atoms with Crippen LogP contribution in [0.25, 0.3) is 0 Å². The Hall–Kier alpha value is -0.540. The molecule has 1 rings (SSSR count). The summed E-state index contributed by atoms with van der Waals surface area (Å²) in [6, 6.07) is -0.185. The maximum Gasteiger partial charge on any atom is 0.308 e. The molecule has 0 spiro atoms. The third-order valence-corrected chi connectivity index (χ3v) is 2.30. The summed E-state index contributed by atoms with van der Waals surface area (Å²) in [5.74, 6) is -0.842. The highest BCUT2D eigenvalue weighted by Crippen LogP contribution is 2.30. The largest absolute Gasteiger partial charge is 0.481 e. The minimum atomic E-state index is -0.776. The van der Waals surface area contributed by atoms with Crippen molar-refractivity contribution in [2.24, 2.45) is 17.6 Å². The first-order chi connectivity index (χ1) is 5.15. The second-order valence-electron chi connectivity index (χ2n) is 3.08. The quantitative estimate of drug-likeness (QED) is 0.641. The van der Waals surface area contributed by atoms with Crippen molar-refractivity contribution >= 4 is 18.4 Å². The Morgan fingerprint density at radius 2 is 2.17 bits per heavy atom. The summed E-state index contributed by atoms with van der Waals surface area (Å²) < 4.78 is 0. The van der Waals surface area contributed by atoms with E-state index in [1.165, 1.54) is 0 Å². The van der Waals surface area contributed by atoms with Gasteiger partial charge in [0.05, 0.1) is 5.92 Å². The van der Waals surface area contributed by atoms with Crippen molar-refractivity contribution in [3.8, 4) is 0 Å². The molecular formula is C8H14ClNO2. The third kappa shape index (κ3) is 2.22. The van der Waals surface area contributed by atoms with Crippen LogP contribution in [0.4, 0.5) is 0 Å². The highest BCUT2D eigenvalue weighted by atomic mass is 35.5. The molecule has 0 aliphatic heterocycles. The van der Waals surface area contributed by atoms with Gasteiger partial charge in [-0.15, -0.1) is 19.0 Å². The Balaban J connectivity index is 0.00000121. The van der Waals surface area contributed by atoms with Gasteiger partial charge in [-0.1, -0.05) is 6.08 Å². The molecule has 1 aliphatic rings. The van der Waals surface area contributed by atoms with Crippen LogP contribution < -0.4 is 5.73 Å². The smallest absolute Gasteiger partial charge is 0.308 e. The minimum absolute atomic E-state index is 0. The summed E-state index contributed by atoms with van der Waals surface area (Å²) >= 11 is 0. The van der Waals surface area contributed by atoms with Crippen LogP contribution in [0.5, 0.6) is 0 Å². The van der Waals surface area contributed by atoms with Crippen LogP contribution in [-0.2, 0) is 4.79 Å². The highest BCUT2D eigenvalue weighted by molar-refractivity contribution is 5.85. The standard InChI is InChI=1S/C8H13NO2.ClH/c1-2-5-3-6(8(10)11)7(9)4-5;/h2,5-7H,1,3-4,9H2,(H,10,11);1H/t5?,6-,7+;/m1./s1. The molecule has 3 N–H and O–H groups in total. The Bertz CT molecular complexity index is 184. The fourth-order valence-corrected chi connectivity index (χ4v) is 1.59. The number of rotatable bonds is 2. The Morgan fingerprint density at radius 1 is 1.58 bits per heavy atom. The first kappa shape index (κ1) is 11.5. The zero-order valence-electron chi connectivity index (χ0n) is 6.77. The lowest BCUT2D eigenvalue weighted by Gasteiger charge is -2.07. The summed E-state index contributed by atoms with van der Waals surface area (Å²) in [6.07, 6.45) is 3.21. The number of hydrogen-bond donors (Lipinski definition) is 2. The van der Waals surface area contributed by atoms with Crippen LogP contribution in [0.2, 0.25) is 0 Å². The van der Waals surface area contributed by atoms with E-state index in [1.807, 2.05) is 0 Å². The highest BCUT2D eigenvalue weighted by Gasteiger charge is 2.34. The number of halogens is 1. The van der Waals surface area contributed by atoms with Gasteiger partial charge in [0.15, 0.2) is 0 Å². The number of carboxylic acid groups (broad SMARTS) is 1. The van der Waals surface area contributed by atoms with Gasteiger partial charge in [0.2, 0.25) is 0 Å². The zero-order valence-corrected chi connectivity index (χ0v) is 7.59. The number of allylic oxidation sites excluding steroid dienone is 1. The van der Waals surface area contributed by atoms with Gasteiger partial charge in [0.1, 0.15) is 0 Å². The topological polar surface area (TPSA) is 63.3 Å². The third-order valence-electron chi connectivity index (χ3n) is 2.30. The number of nitrogens with two attached hydrogens (primary N) is 1. The van der Waals surface area contributed by atoms with Gasteiger partial charge < -0.3 is 10.8 Å². The molecule has 1 fully saturated rings. The average molecular weight is 192 g/mol. The normalized spacial score (nSPS) is 33.9. The molecule has 1 unspecified atom stereocenters. The number of carbonyl (C=O) groups is 1. The van der Waals surface area contributed by atoms with E-state index in [9.17, 15) is 4.79 Å². The van der Waals surface area contributed by atoms with Crippen LogP contribution in [0, 0.1) is 11.8 Å². The van der Waals surface area contributed by atoms with Gasteiger partial charge >= 0.3 is 5.97 Å². The SMILES string of the molecule is C=CC1C[C@H](N)[C@H](C(=O)O)C1.Cl. The van der Waals surface area contributed by atoms with Crippen molar-refractivity contribution in [2.75, 3.05) is 0 Å². The molecule has 1 aliphatic carbocycles. The van der Waals surface area contributed by atoms with Crippen LogP contribution >= 0.6 is 12.4 Å². The summed E-state index contributed by atoms with van der Waals surface area (Å²) in [7, 11) is 0. The monoisotopic (exact) mass is 191 g/mol. The molecule has 0 amide bonds. The van der Waals surface area contributed by atoms with E-state index in [2.05, 4.69) is 6.58 Å². The lowest BCUT2D eigenvalue weighted by atomic mass is 10.0. The summed E-state index contributed by atoms with van der Waals surface area (Å²) in [5, 5.41) is 8.68. The van der Waals surface area contributed by atoms with E-state index in [0.29, 0.717) is 12.3 Å². The molecule has 0 heterocycles. The van der Waals surface area contributed by atoms with E-state index >= 15 is 0 Å². The fourth-order valence-electron chi connectivity index (χ4n) is 1.59. The minimum Gasteiger partial charge on any atom is -0.481 e. The molecule has 12 heavy (non-hydrogen) atoms. The summed E-state index contributed by atoms with van der Waals surface area (Å²) in [4.78, 5) is 10.6. The molecule has 0 aromatic heterocycles. The van der Waals surface area contributed by atoms with Crippen LogP contribution in [-0.4, -0.2) is 17.1 Å². The predicted octanol–water partition coefficient (Wildman–Crippen LogP) is 1.03. The van der Waals surface area contributed by atoms with Gasteiger partial charge in [-0.25, -0.2) is 0 Å². The predicted molar refractivity (Wildman–Crippen MR) is 49.3 cm³/mol. The van der Waals surface area contributed by atoms with Crippen molar-refractivity contribution in [1.29, 1.82) is 0 Å². The van der Waals surface area contributed by atoms with Crippen molar-refractivity contribution in [1.82, 2.24) is 0 Å². The Labute approximate surface area is 78.0 Å². The first-order valence-electron chi connectivity index (χ1n) is 3.76. The van der Waals surface area contributed by atoms with E-state index in [-0.39, 0.29) is 24.4 Å². The van der Waals surface area contributed by atoms with Crippen LogP contribution in [0.15, 0.2) is 12.7 Å². The molecule has 4 heteroatoms. The van der Waals surface area contributed by atoms with Gasteiger partial charge in [-0.2, -0.15) is 0 Å². The van der Waals surface area contributed by atoms with Crippen LogP contribution in [0.1, 0.15) is 12.8 Å². The molecular weight excluding hydrogens is 178 g/mol. The first-order valence-corrected chi connectivity index (χ1v) is 3.76. The second kappa shape index (κ2) is 4.48. The lowest BCUT2D eigenvalue weighted by Crippen LogP contribution is -2.30. The molecule has 0 saturated heterocycles. The number of carboxylic acids is 1. The molecule has 0 radical (unpaired) electrons. The lowest BCUT2D eigenvalue weighted by molar-refractivity contribution is -0.141. The van der Waals surface area contributed by atoms with Gasteiger partial charge in [0.25, 0.3) is 0 Å². The van der Waals surface area contributed by atoms with Gasteiger partial charge in [-0.3, -0.25) is 4.79 Å². The van der Waals surface area contributed by atoms with E-state index in [0.717, 1.165) is 6.42 Å². The van der Waals surface area contributed by atoms with Gasteiger partial charge in [0, 0.05) is 6.04 Å². The second-order valence-corrected chi connectivity index (χ2v) is 3.08. The Kier molecular flexibility index (Phi) is 4.28. The molecule has 0 bridgehead atoms. The summed E-state index contributed by atoms with van der Waals surface area (Å²) in [5.41, 5.74) is 5.62. The molecule has 0 aromatic rings. The van der Waals surface area contributed by atoms with E-state index < -0.39 is 5.97 Å². The average Bonchev–Trinajstić information content (AvgIpc) is 2.30. The van der Waals surface area contributed by atoms with E-state index in [4.69, 9.17) is 10.8 Å². The number of hydrogen-bond acceptors (Lipinski definition) is 2. The Morgan fingerprint density at radius 3 is 2.42 bits per heavy atom. The molecule has 1 saturated carbocycles. The molecule has 0 aromatic carbocycles.